The Bertz CT molecular complexity index is 955. The van der Waals surface area contributed by atoms with Crippen molar-refractivity contribution in [3.05, 3.63) is 46.5 Å². The molecule has 2 aliphatic heterocycles. The average molecular weight is 423 g/mol. The fourth-order valence-electron chi connectivity index (χ4n) is 5.59. The van der Waals surface area contributed by atoms with Gasteiger partial charge in [-0.15, -0.1) is 0 Å². The third kappa shape index (κ3) is 4.09. The zero-order chi connectivity index (χ0) is 22.3. The Labute approximate surface area is 183 Å². The summed E-state index contributed by atoms with van der Waals surface area (Å²) in [5.41, 5.74) is 4.42. The number of rotatable bonds is 5. The number of amides is 2. The molecule has 31 heavy (non-hydrogen) atoms. The predicted octanol–water partition coefficient (Wildman–Crippen LogP) is 3.41. The second-order valence-corrected chi connectivity index (χ2v) is 9.03. The van der Waals surface area contributed by atoms with Gasteiger partial charge in [-0.05, 0) is 68.1 Å². The highest BCUT2D eigenvalue weighted by molar-refractivity contribution is 6.43. The first-order chi connectivity index (χ1) is 14.8. The van der Waals surface area contributed by atoms with Crippen LogP contribution in [0.5, 0.6) is 5.75 Å². The first-order valence-electron chi connectivity index (χ1n) is 11.1. The fourth-order valence-corrected chi connectivity index (χ4v) is 5.59. The van der Waals surface area contributed by atoms with Crippen LogP contribution in [0.3, 0.4) is 0 Å². The molecular formula is C24H30BNO5. The number of carbonyl (C=O) groups is 2. The van der Waals surface area contributed by atoms with E-state index in [4.69, 9.17) is 4.65 Å². The van der Waals surface area contributed by atoms with Gasteiger partial charge in [0.1, 0.15) is 5.75 Å². The molecule has 1 aliphatic carbocycles. The van der Waals surface area contributed by atoms with Gasteiger partial charge in [0.05, 0.1) is 17.9 Å². The van der Waals surface area contributed by atoms with Crippen LogP contribution in [0.15, 0.2) is 41.0 Å². The highest BCUT2D eigenvalue weighted by Crippen LogP contribution is 2.50. The lowest BCUT2D eigenvalue weighted by atomic mass is 9.58. The summed E-state index contributed by atoms with van der Waals surface area (Å²) in [4.78, 5) is 26.7. The monoisotopic (exact) mass is 423 g/mol. The summed E-state index contributed by atoms with van der Waals surface area (Å²) in [7, 11) is 0.636. The Hall–Kier alpha value is -2.38. The summed E-state index contributed by atoms with van der Waals surface area (Å²) in [6.45, 7) is 4.13. The van der Waals surface area contributed by atoms with Crippen LogP contribution >= 0.6 is 0 Å². The molecule has 0 saturated carbocycles. The topological polar surface area (TPSA) is 87.1 Å². The van der Waals surface area contributed by atoms with Gasteiger partial charge in [-0.25, -0.2) is 0 Å². The number of nitrogens with zero attached hydrogens (tertiary/aromatic N) is 1. The van der Waals surface area contributed by atoms with Crippen LogP contribution in [0.25, 0.3) is 6.08 Å². The Morgan fingerprint density at radius 3 is 2.77 bits per heavy atom. The molecule has 0 spiro atoms. The Balaban J connectivity index is 1.57. The SMILES string of the molecule is CCC1=C2[C@@H](CC/C(C)=C/c3cccc(O)c3)OB(O)C[C@@H]2[C@@H]2C(=O)N(C)C(=O)[C@@H]2C1. The van der Waals surface area contributed by atoms with E-state index in [1.54, 1.807) is 19.2 Å². The van der Waals surface area contributed by atoms with Gasteiger partial charge >= 0.3 is 7.12 Å². The number of hydrogen-bond acceptors (Lipinski definition) is 5. The van der Waals surface area contributed by atoms with Gasteiger partial charge in [0, 0.05) is 7.05 Å². The van der Waals surface area contributed by atoms with E-state index in [9.17, 15) is 19.7 Å². The van der Waals surface area contributed by atoms with Crippen LogP contribution in [0, 0.1) is 17.8 Å². The number of phenolic OH excluding ortho intramolecular Hbond substituents is 1. The predicted molar refractivity (Wildman–Crippen MR) is 119 cm³/mol. The molecule has 1 aromatic rings. The second kappa shape index (κ2) is 8.63. The van der Waals surface area contributed by atoms with Gasteiger partial charge in [-0.1, -0.05) is 36.3 Å². The lowest BCUT2D eigenvalue weighted by molar-refractivity contribution is -0.138. The van der Waals surface area contributed by atoms with E-state index in [2.05, 4.69) is 6.92 Å². The fraction of sp³-hybridized carbons (Fsp3) is 0.500. The summed E-state index contributed by atoms with van der Waals surface area (Å²) in [5.74, 6) is -0.812. The summed E-state index contributed by atoms with van der Waals surface area (Å²) in [5, 5.41) is 20.1. The average Bonchev–Trinajstić information content (AvgIpc) is 2.95. The summed E-state index contributed by atoms with van der Waals surface area (Å²) in [6.07, 6.45) is 5.03. The number of hydrogen-bond donors (Lipinski definition) is 2. The minimum absolute atomic E-state index is 0.0950. The molecule has 6 nitrogen and oxygen atoms in total. The third-order valence-electron chi connectivity index (χ3n) is 7.04. The summed E-state index contributed by atoms with van der Waals surface area (Å²) >= 11 is 0. The van der Waals surface area contributed by atoms with Crippen LogP contribution in [-0.2, 0) is 14.2 Å². The largest absolute Gasteiger partial charge is 0.508 e. The van der Waals surface area contributed by atoms with Crippen molar-refractivity contribution >= 4 is 25.0 Å². The molecule has 0 unspecified atom stereocenters. The first-order valence-corrected chi connectivity index (χ1v) is 11.1. The molecule has 2 heterocycles. The number of benzene rings is 1. The van der Waals surface area contributed by atoms with Crippen LogP contribution < -0.4 is 0 Å². The van der Waals surface area contributed by atoms with Gasteiger partial charge in [0.2, 0.25) is 11.8 Å². The van der Waals surface area contributed by atoms with Crippen molar-refractivity contribution in [3.8, 4) is 5.75 Å². The maximum Gasteiger partial charge on any atom is 0.455 e. The lowest BCUT2D eigenvalue weighted by Crippen LogP contribution is -2.46. The van der Waals surface area contributed by atoms with E-state index in [1.165, 1.54) is 10.5 Å². The molecular weight excluding hydrogens is 393 g/mol. The highest BCUT2D eigenvalue weighted by atomic mass is 16.5. The molecule has 4 rings (SSSR count). The zero-order valence-corrected chi connectivity index (χ0v) is 18.4. The smallest absolute Gasteiger partial charge is 0.455 e. The Morgan fingerprint density at radius 2 is 2.06 bits per heavy atom. The van der Waals surface area contributed by atoms with E-state index >= 15 is 0 Å². The molecule has 0 aromatic heterocycles. The van der Waals surface area contributed by atoms with Crippen LogP contribution in [0.1, 0.15) is 45.1 Å². The normalized spacial score (nSPS) is 28.8. The van der Waals surface area contributed by atoms with Crippen molar-refractivity contribution in [1.29, 1.82) is 0 Å². The minimum Gasteiger partial charge on any atom is -0.508 e. The zero-order valence-electron chi connectivity index (χ0n) is 18.4. The third-order valence-corrected chi connectivity index (χ3v) is 7.04. The van der Waals surface area contributed by atoms with Crippen molar-refractivity contribution in [2.24, 2.45) is 17.8 Å². The molecule has 2 fully saturated rings. The van der Waals surface area contributed by atoms with Crippen molar-refractivity contribution in [3.63, 3.8) is 0 Å². The summed E-state index contributed by atoms with van der Waals surface area (Å²) < 4.78 is 5.97. The maximum atomic E-state index is 12.8. The molecule has 0 bridgehead atoms. The summed E-state index contributed by atoms with van der Waals surface area (Å²) in [6, 6.07) is 7.12. The van der Waals surface area contributed by atoms with Crippen molar-refractivity contribution < 1.29 is 24.4 Å². The molecule has 1 aromatic carbocycles. The molecule has 3 aliphatic rings. The maximum absolute atomic E-state index is 12.8. The van der Waals surface area contributed by atoms with E-state index < -0.39 is 7.12 Å². The number of fused-ring (bicyclic) bond motifs is 3. The number of carbonyl (C=O) groups excluding carboxylic acids is 2. The second-order valence-electron chi connectivity index (χ2n) is 9.03. The first kappa shape index (κ1) is 21.8. The van der Waals surface area contributed by atoms with Crippen molar-refractivity contribution in [2.45, 2.75) is 52.0 Å². The quantitative estimate of drug-likeness (QED) is 0.431. The molecule has 2 N–H and O–H groups in total. The molecule has 164 valence electrons. The standard InChI is InChI=1S/C24H30BNO5/c1-4-16-12-18-22(24(29)26(3)23(18)28)19-13-25(30)31-20(21(16)19)9-8-14(2)10-15-6-5-7-17(27)11-15/h5-7,10-11,18-20,22,27,30H,4,8-9,12-13H2,1-3H3/b14-10+/t18-,19+,20-,22-/m1/s1. The van der Waals surface area contributed by atoms with E-state index in [-0.39, 0.29) is 41.4 Å². The van der Waals surface area contributed by atoms with Crippen molar-refractivity contribution in [1.82, 2.24) is 4.90 Å². The molecule has 2 saturated heterocycles. The minimum atomic E-state index is -0.931. The van der Waals surface area contributed by atoms with Crippen molar-refractivity contribution in [2.75, 3.05) is 7.05 Å². The number of imide groups is 1. The number of phenols is 1. The molecule has 2 amide bonds. The molecule has 0 radical (unpaired) electrons. The molecule has 7 heteroatoms. The number of allylic oxidation sites excluding steroid dienone is 2. The van der Waals surface area contributed by atoms with Gasteiger partial charge in [0.25, 0.3) is 0 Å². The number of aromatic hydroxyl groups is 1. The number of likely N-dealkylation sites (tertiary alicyclic amines) is 1. The molecule has 4 atom stereocenters. The van der Waals surface area contributed by atoms with Crippen LogP contribution in [0.4, 0.5) is 0 Å². The van der Waals surface area contributed by atoms with Gasteiger partial charge in [0.15, 0.2) is 0 Å². The van der Waals surface area contributed by atoms with Gasteiger partial charge < -0.3 is 14.8 Å². The Kier molecular flexibility index (Phi) is 6.08. The van der Waals surface area contributed by atoms with E-state index in [0.717, 1.165) is 29.6 Å². The van der Waals surface area contributed by atoms with E-state index in [1.807, 2.05) is 25.1 Å². The van der Waals surface area contributed by atoms with Crippen LogP contribution in [-0.4, -0.2) is 47.1 Å². The highest BCUT2D eigenvalue weighted by Gasteiger charge is 2.56. The Morgan fingerprint density at radius 1 is 1.29 bits per heavy atom. The van der Waals surface area contributed by atoms with Gasteiger partial charge in [-0.3, -0.25) is 14.5 Å². The van der Waals surface area contributed by atoms with E-state index in [0.29, 0.717) is 19.2 Å². The van der Waals surface area contributed by atoms with Crippen LogP contribution in [0.2, 0.25) is 6.32 Å². The van der Waals surface area contributed by atoms with Gasteiger partial charge in [-0.2, -0.15) is 0 Å². The lowest BCUT2D eigenvalue weighted by Gasteiger charge is -2.43.